The average molecular weight is 404 g/mol. The van der Waals surface area contributed by atoms with E-state index in [0.717, 1.165) is 35.6 Å². The van der Waals surface area contributed by atoms with E-state index >= 15 is 0 Å². The Balaban J connectivity index is 2.22. The van der Waals surface area contributed by atoms with Crippen molar-refractivity contribution in [1.82, 2.24) is 0 Å². The standard InChI is InChI=1S/C17H9IO2S/c1-8(19)9-2-3-10-7-13-14(18)5-4-11-15(13)16(12(10)6-9)21-17(11)20/h2-7H,1H3. The summed E-state index contributed by atoms with van der Waals surface area (Å²) in [5.41, 5.74) is 1.46. The second-order valence-corrected chi connectivity index (χ2v) is 7.25. The van der Waals surface area contributed by atoms with E-state index in [0.29, 0.717) is 5.56 Å². The zero-order valence-electron chi connectivity index (χ0n) is 11.1. The highest BCUT2D eigenvalue weighted by atomic mass is 127. The molecule has 3 aromatic rings. The van der Waals surface area contributed by atoms with Gasteiger partial charge in [-0.1, -0.05) is 12.1 Å². The predicted octanol–water partition coefficient (Wildman–Crippen LogP) is 5.05. The van der Waals surface area contributed by atoms with Crippen molar-refractivity contribution in [3.63, 3.8) is 0 Å². The molecule has 3 aromatic carbocycles. The molecule has 0 saturated heterocycles. The first kappa shape index (κ1) is 13.3. The molecule has 0 aliphatic carbocycles. The second kappa shape index (κ2) is 4.55. The molecule has 1 aliphatic rings. The summed E-state index contributed by atoms with van der Waals surface area (Å²) in [4.78, 5) is 24.8. The van der Waals surface area contributed by atoms with Crippen molar-refractivity contribution in [2.45, 2.75) is 11.8 Å². The summed E-state index contributed by atoms with van der Waals surface area (Å²) in [7, 11) is 0. The fraction of sp³-hybridized carbons (Fsp3) is 0.0588. The molecule has 0 bridgehead atoms. The minimum Gasteiger partial charge on any atom is -0.295 e. The molecule has 21 heavy (non-hydrogen) atoms. The number of hydrogen-bond acceptors (Lipinski definition) is 3. The largest absolute Gasteiger partial charge is 0.295 e. The van der Waals surface area contributed by atoms with Crippen LogP contribution in [0.1, 0.15) is 27.6 Å². The monoisotopic (exact) mass is 404 g/mol. The van der Waals surface area contributed by atoms with Gasteiger partial charge in [-0.2, -0.15) is 0 Å². The first-order valence-electron chi connectivity index (χ1n) is 6.48. The summed E-state index contributed by atoms with van der Waals surface area (Å²) in [6.45, 7) is 1.56. The van der Waals surface area contributed by atoms with Crippen molar-refractivity contribution in [2.24, 2.45) is 0 Å². The zero-order valence-corrected chi connectivity index (χ0v) is 14.0. The highest BCUT2D eigenvalue weighted by molar-refractivity contribution is 14.1. The van der Waals surface area contributed by atoms with Gasteiger partial charge in [0.05, 0.1) is 0 Å². The molecule has 0 N–H and O–H groups in total. The molecule has 0 saturated carbocycles. The van der Waals surface area contributed by atoms with Crippen LogP contribution in [0.4, 0.5) is 0 Å². The van der Waals surface area contributed by atoms with Gasteiger partial charge in [0.2, 0.25) is 5.12 Å². The molecule has 0 amide bonds. The summed E-state index contributed by atoms with van der Waals surface area (Å²) in [6, 6.07) is 11.7. The number of halogens is 1. The van der Waals surface area contributed by atoms with E-state index in [1.165, 1.54) is 11.8 Å². The molecule has 1 heterocycles. The van der Waals surface area contributed by atoms with Crippen LogP contribution >= 0.6 is 34.4 Å². The molecule has 0 atom stereocenters. The molecule has 4 heteroatoms. The number of carbonyl (C=O) groups is 2. The maximum atomic E-state index is 12.2. The first-order chi connectivity index (χ1) is 10.1. The van der Waals surface area contributed by atoms with Crippen LogP contribution in [0, 0.1) is 3.57 Å². The Morgan fingerprint density at radius 2 is 1.90 bits per heavy atom. The van der Waals surface area contributed by atoms with Gasteiger partial charge in [-0.15, -0.1) is 0 Å². The maximum absolute atomic E-state index is 12.2. The van der Waals surface area contributed by atoms with Crippen LogP contribution in [0.2, 0.25) is 0 Å². The van der Waals surface area contributed by atoms with Crippen LogP contribution in [0.15, 0.2) is 41.3 Å². The number of rotatable bonds is 1. The lowest BCUT2D eigenvalue weighted by molar-refractivity contribution is 0.101. The van der Waals surface area contributed by atoms with Crippen LogP contribution in [-0.2, 0) is 0 Å². The van der Waals surface area contributed by atoms with Gasteiger partial charge in [-0.3, -0.25) is 9.59 Å². The Labute approximate surface area is 139 Å². The maximum Gasteiger partial charge on any atom is 0.224 e. The smallest absolute Gasteiger partial charge is 0.224 e. The summed E-state index contributed by atoms with van der Waals surface area (Å²) in [5.74, 6) is 0.0430. The average Bonchev–Trinajstić information content (AvgIpc) is 2.80. The fourth-order valence-corrected chi connectivity index (χ4v) is 4.47. The summed E-state index contributed by atoms with van der Waals surface area (Å²) in [5, 5.41) is 4.30. The molecule has 0 fully saturated rings. The van der Waals surface area contributed by atoms with E-state index in [9.17, 15) is 9.59 Å². The van der Waals surface area contributed by atoms with Crippen molar-refractivity contribution in [1.29, 1.82) is 0 Å². The third kappa shape index (κ3) is 1.85. The Hall–Kier alpha value is -1.40. The van der Waals surface area contributed by atoms with Gasteiger partial charge in [0.15, 0.2) is 5.78 Å². The quantitative estimate of drug-likeness (QED) is 0.324. The van der Waals surface area contributed by atoms with E-state index in [2.05, 4.69) is 28.7 Å². The summed E-state index contributed by atoms with van der Waals surface area (Å²) >= 11 is 3.58. The number of Topliss-reactive ketones (excluding diaryl/α,β-unsaturated/α-hetero) is 1. The van der Waals surface area contributed by atoms with Crippen LogP contribution in [0.5, 0.6) is 0 Å². The lowest BCUT2D eigenvalue weighted by Gasteiger charge is -2.08. The topological polar surface area (TPSA) is 34.1 Å². The van der Waals surface area contributed by atoms with Gasteiger partial charge in [-0.25, -0.2) is 0 Å². The minimum atomic E-state index is 0.0430. The molecule has 2 nitrogen and oxygen atoms in total. The number of carbonyl (C=O) groups excluding carboxylic acids is 2. The second-order valence-electron chi connectivity index (χ2n) is 5.10. The van der Waals surface area contributed by atoms with Gasteiger partial charge in [0, 0.05) is 25.0 Å². The van der Waals surface area contributed by atoms with Gasteiger partial charge < -0.3 is 0 Å². The van der Waals surface area contributed by atoms with Crippen LogP contribution < -0.4 is 0 Å². The Morgan fingerprint density at radius 1 is 1.10 bits per heavy atom. The molecular weight excluding hydrogens is 395 g/mol. The predicted molar refractivity (Wildman–Crippen MR) is 94.4 cm³/mol. The van der Waals surface area contributed by atoms with Crippen molar-refractivity contribution < 1.29 is 9.59 Å². The Bertz CT molecular complexity index is 976. The molecule has 4 rings (SSSR count). The molecular formula is C17H9IO2S. The summed E-state index contributed by atoms with van der Waals surface area (Å²) < 4.78 is 1.14. The van der Waals surface area contributed by atoms with Crippen molar-refractivity contribution in [3.05, 3.63) is 51.1 Å². The lowest BCUT2D eigenvalue weighted by atomic mass is 9.98. The molecule has 0 unspecified atom stereocenters. The van der Waals surface area contributed by atoms with Gasteiger partial charge in [0.1, 0.15) is 0 Å². The number of fused-ring (bicyclic) bond motifs is 2. The van der Waals surface area contributed by atoms with E-state index < -0.39 is 0 Å². The fourth-order valence-electron chi connectivity index (χ4n) is 2.79. The van der Waals surface area contributed by atoms with E-state index in [-0.39, 0.29) is 10.9 Å². The van der Waals surface area contributed by atoms with E-state index in [1.54, 1.807) is 6.92 Å². The molecule has 0 aromatic heterocycles. The summed E-state index contributed by atoms with van der Waals surface area (Å²) in [6.07, 6.45) is 0. The van der Waals surface area contributed by atoms with Gasteiger partial charge >= 0.3 is 0 Å². The van der Waals surface area contributed by atoms with E-state index in [4.69, 9.17) is 0 Å². The number of ketones is 1. The Morgan fingerprint density at radius 3 is 2.67 bits per heavy atom. The van der Waals surface area contributed by atoms with E-state index in [1.807, 2.05) is 30.3 Å². The van der Waals surface area contributed by atoms with Crippen LogP contribution in [0.3, 0.4) is 0 Å². The number of benzene rings is 3. The van der Waals surface area contributed by atoms with Crippen molar-refractivity contribution >= 4 is 66.8 Å². The molecule has 102 valence electrons. The third-order valence-electron chi connectivity index (χ3n) is 3.84. The molecule has 0 radical (unpaired) electrons. The van der Waals surface area contributed by atoms with Crippen molar-refractivity contribution in [3.8, 4) is 0 Å². The highest BCUT2D eigenvalue weighted by Gasteiger charge is 2.26. The third-order valence-corrected chi connectivity index (χ3v) is 5.81. The normalized spacial score (nSPS) is 13.3. The molecule has 0 spiro atoms. The lowest BCUT2D eigenvalue weighted by Crippen LogP contribution is -1.92. The van der Waals surface area contributed by atoms with Crippen molar-refractivity contribution in [2.75, 3.05) is 0 Å². The zero-order chi connectivity index (χ0) is 14.7. The van der Waals surface area contributed by atoms with Crippen LogP contribution in [-0.4, -0.2) is 10.9 Å². The minimum absolute atomic E-state index is 0.0430. The Kier molecular flexibility index (Phi) is 2.87. The molecule has 1 aliphatic heterocycles. The number of thioether (sulfide) groups is 1. The SMILES string of the molecule is CC(=O)c1ccc2cc3c(I)ccc4c3c(c2c1)SC4=O. The highest BCUT2D eigenvalue weighted by Crippen LogP contribution is 2.46. The number of hydrogen-bond donors (Lipinski definition) is 0. The van der Waals surface area contributed by atoms with Gasteiger partial charge in [0.25, 0.3) is 0 Å². The first-order valence-corrected chi connectivity index (χ1v) is 8.38. The van der Waals surface area contributed by atoms with Crippen LogP contribution in [0.25, 0.3) is 21.5 Å². The van der Waals surface area contributed by atoms with Gasteiger partial charge in [-0.05, 0) is 81.7 Å².